The van der Waals surface area contributed by atoms with Crippen LogP contribution in [0.15, 0.2) is 18.2 Å². The van der Waals surface area contributed by atoms with Crippen molar-refractivity contribution in [1.29, 1.82) is 0 Å². The van der Waals surface area contributed by atoms with Gasteiger partial charge in [0.1, 0.15) is 6.54 Å². The SMILES string of the molecule is Cc1cccc(-c2nnnn2CC(F)(F)F)c1N. The number of alkyl halides is 3. The van der Waals surface area contributed by atoms with E-state index in [0.717, 1.165) is 5.56 Å². The second-order valence-corrected chi connectivity index (χ2v) is 3.81. The maximum Gasteiger partial charge on any atom is 0.408 e. The van der Waals surface area contributed by atoms with E-state index < -0.39 is 12.7 Å². The summed E-state index contributed by atoms with van der Waals surface area (Å²) in [5.41, 5.74) is 7.34. The highest BCUT2D eigenvalue weighted by molar-refractivity contribution is 5.73. The highest BCUT2D eigenvalue weighted by atomic mass is 19.4. The Morgan fingerprint density at radius 2 is 2.06 bits per heavy atom. The van der Waals surface area contributed by atoms with E-state index in [9.17, 15) is 13.2 Å². The number of aryl methyl sites for hydroxylation is 1. The van der Waals surface area contributed by atoms with Crippen LogP contribution in [0.3, 0.4) is 0 Å². The third-order valence-electron chi connectivity index (χ3n) is 2.43. The summed E-state index contributed by atoms with van der Waals surface area (Å²) in [6, 6.07) is 5.03. The van der Waals surface area contributed by atoms with Gasteiger partial charge in [-0.3, -0.25) is 0 Å². The number of tetrazole rings is 1. The number of rotatable bonds is 2. The third kappa shape index (κ3) is 2.41. The molecule has 0 unspecified atom stereocenters. The van der Waals surface area contributed by atoms with Gasteiger partial charge in [-0.2, -0.15) is 13.2 Å². The van der Waals surface area contributed by atoms with Crippen molar-refractivity contribution in [3.63, 3.8) is 0 Å². The lowest BCUT2D eigenvalue weighted by Crippen LogP contribution is -2.19. The van der Waals surface area contributed by atoms with Gasteiger partial charge < -0.3 is 5.73 Å². The van der Waals surface area contributed by atoms with Crippen LogP contribution in [0.2, 0.25) is 0 Å². The number of anilines is 1. The molecule has 2 aromatic rings. The summed E-state index contributed by atoms with van der Waals surface area (Å²) < 4.78 is 37.7. The first-order valence-electron chi connectivity index (χ1n) is 5.07. The van der Waals surface area contributed by atoms with Gasteiger partial charge in [-0.1, -0.05) is 12.1 Å². The summed E-state index contributed by atoms with van der Waals surface area (Å²) in [7, 11) is 0. The van der Waals surface area contributed by atoms with Crippen LogP contribution in [0, 0.1) is 6.92 Å². The third-order valence-corrected chi connectivity index (χ3v) is 2.43. The number of halogens is 3. The number of hydrogen-bond acceptors (Lipinski definition) is 4. The molecule has 0 atom stereocenters. The molecule has 0 aliphatic carbocycles. The molecule has 0 spiro atoms. The average Bonchev–Trinajstić information content (AvgIpc) is 2.67. The van der Waals surface area contributed by atoms with Gasteiger partial charge in [-0.25, -0.2) is 4.68 Å². The minimum absolute atomic E-state index is 0.00789. The molecular weight excluding hydrogens is 247 g/mol. The molecule has 0 bridgehead atoms. The van der Waals surface area contributed by atoms with Crippen molar-refractivity contribution in [2.75, 3.05) is 5.73 Å². The zero-order valence-electron chi connectivity index (χ0n) is 9.44. The zero-order chi connectivity index (χ0) is 13.3. The van der Waals surface area contributed by atoms with Crippen LogP contribution >= 0.6 is 0 Å². The zero-order valence-corrected chi connectivity index (χ0v) is 9.44. The summed E-state index contributed by atoms with van der Waals surface area (Å²) in [6.07, 6.45) is -4.39. The monoisotopic (exact) mass is 257 g/mol. The van der Waals surface area contributed by atoms with E-state index in [-0.39, 0.29) is 5.82 Å². The van der Waals surface area contributed by atoms with Crippen LogP contribution in [0.4, 0.5) is 18.9 Å². The number of nitrogens with zero attached hydrogens (tertiary/aromatic N) is 4. The standard InChI is InChI=1S/C10H10F3N5/c1-6-3-2-4-7(8(6)14)9-15-16-17-18(9)5-10(11,12)13/h2-4H,5,14H2,1H3. The van der Waals surface area contributed by atoms with E-state index in [1.807, 2.05) is 0 Å². The Morgan fingerprint density at radius 1 is 1.33 bits per heavy atom. The van der Waals surface area contributed by atoms with Gasteiger partial charge in [0.15, 0.2) is 5.82 Å². The predicted molar refractivity (Wildman–Crippen MR) is 58.5 cm³/mol. The molecular formula is C10H10F3N5. The normalized spacial score (nSPS) is 11.8. The maximum absolute atomic E-state index is 12.3. The van der Waals surface area contributed by atoms with Crippen molar-refractivity contribution in [1.82, 2.24) is 20.2 Å². The van der Waals surface area contributed by atoms with Crippen molar-refractivity contribution in [2.45, 2.75) is 19.6 Å². The minimum atomic E-state index is -4.39. The minimum Gasteiger partial charge on any atom is -0.398 e. The van der Waals surface area contributed by atoms with Crippen LogP contribution in [-0.4, -0.2) is 26.4 Å². The van der Waals surface area contributed by atoms with E-state index in [0.29, 0.717) is 15.9 Å². The molecule has 1 heterocycles. The lowest BCUT2D eigenvalue weighted by Gasteiger charge is -2.10. The van der Waals surface area contributed by atoms with Crippen molar-refractivity contribution < 1.29 is 13.2 Å². The van der Waals surface area contributed by atoms with Gasteiger partial charge in [0, 0.05) is 11.3 Å². The smallest absolute Gasteiger partial charge is 0.398 e. The number of nitrogen functional groups attached to an aromatic ring is 1. The number of para-hydroxylation sites is 1. The first kappa shape index (κ1) is 12.3. The molecule has 0 aliphatic heterocycles. The first-order valence-corrected chi connectivity index (χ1v) is 5.07. The van der Waals surface area contributed by atoms with Crippen LogP contribution in [0.1, 0.15) is 5.56 Å². The lowest BCUT2D eigenvalue weighted by molar-refractivity contribution is -0.142. The molecule has 5 nitrogen and oxygen atoms in total. The fourth-order valence-electron chi connectivity index (χ4n) is 1.55. The van der Waals surface area contributed by atoms with Gasteiger partial charge in [-0.15, -0.1) is 5.10 Å². The first-order chi connectivity index (χ1) is 8.38. The largest absolute Gasteiger partial charge is 0.408 e. The molecule has 0 saturated heterocycles. The Kier molecular flexibility index (Phi) is 2.93. The summed E-state index contributed by atoms with van der Waals surface area (Å²) in [5.74, 6) is 0.00789. The molecule has 8 heteroatoms. The van der Waals surface area contributed by atoms with Crippen molar-refractivity contribution in [2.24, 2.45) is 0 Å². The van der Waals surface area contributed by atoms with E-state index in [2.05, 4.69) is 15.5 Å². The van der Waals surface area contributed by atoms with Crippen LogP contribution in [0.25, 0.3) is 11.4 Å². The fraction of sp³-hybridized carbons (Fsp3) is 0.300. The summed E-state index contributed by atoms with van der Waals surface area (Å²) in [5, 5.41) is 10.2. The highest BCUT2D eigenvalue weighted by Gasteiger charge is 2.30. The van der Waals surface area contributed by atoms with Crippen molar-refractivity contribution in [3.8, 4) is 11.4 Å². The number of benzene rings is 1. The fourth-order valence-corrected chi connectivity index (χ4v) is 1.55. The Bertz CT molecular complexity index is 561. The molecule has 0 saturated carbocycles. The molecule has 2 rings (SSSR count). The molecule has 2 N–H and O–H groups in total. The van der Waals surface area contributed by atoms with Crippen LogP contribution in [0.5, 0.6) is 0 Å². The number of hydrogen-bond donors (Lipinski definition) is 1. The Balaban J connectivity index is 2.46. The van der Waals surface area contributed by atoms with Gasteiger partial charge >= 0.3 is 6.18 Å². The molecule has 1 aromatic heterocycles. The predicted octanol–water partition coefficient (Wildman–Crippen LogP) is 1.79. The quantitative estimate of drug-likeness (QED) is 0.833. The Labute approximate surface area is 100 Å². The molecule has 0 radical (unpaired) electrons. The molecule has 0 amide bonds. The van der Waals surface area contributed by atoms with E-state index in [4.69, 9.17) is 5.73 Å². The molecule has 96 valence electrons. The molecule has 0 fully saturated rings. The molecule has 18 heavy (non-hydrogen) atoms. The summed E-state index contributed by atoms with van der Waals surface area (Å²) in [6.45, 7) is 0.513. The maximum atomic E-state index is 12.3. The number of aromatic nitrogens is 4. The van der Waals surface area contributed by atoms with Crippen molar-refractivity contribution >= 4 is 5.69 Å². The second kappa shape index (κ2) is 4.28. The van der Waals surface area contributed by atoms with E-state index in [1.165, 1.54) is 0 Å². The van der Waals surface area contributed by atoms with E-state index in [1.54, 1.807) is 25.1 Å². The molecule has 0 aliphatic rings. The molecule has 1 aromatic carbocycles. The van der Waals surface area contributed by atoms with Gasteiger partial charge in [-0.05, 0) is 29.0 Å². The highest BCUT2D eigenvalue weighted by Crippen LogP contribution is 2.27. The van der Waals surface area contributed by atoms with Gasteiger partial charge in [0.25, 0.3) is 0 Å². The van der Waals surface area contributed by atoms with Crippen LogP contribution < -0.4 is 5.73 Å². The number of nitrogens with two attached hydrogens (primary N) is 1. The Morgan fingerprint density at radius 3 is 2.72 bits per heavy atom. The van der Waals surface area contributed by atoms with E-state index >= 15 is 0 Å². The Hall–Kier alpha value is -2.12. The lowest BCUT2D eigenvalue weighted by atomic mass is 10.1. The average molecular weight is 257 g/mol. The van der Waals surface area contributed by atoms with Gasteiger partial charge in [0.2, 0.25) is 0 Å². The topological polar surface area (TPSA) is 69.6 Å². The second-order valence-electron chi connectivity index (χ2n) is 3.81. The van der Waals surface area contributed by atoms with Crippen molar-refractivity contribution in [3.05, 3.63) is 23.8 Å². The summed E-state index contributed by atoms with van der Waals surface area (Å²) >= 11 is 0. The summed E-state index contributed by atoms with van der Waals surface area (Å²) in [4.78, 5) is 0. The van der Waals surface area contributed by atoms with Crippen LogP contribution in [-0.2, 0) is 6.54 Å². The van der Waals surface area contributed by atoms with Gasteiger partial charge in [0.05, 0.1) is 0 Å².